The lowest BCUT2D eigenvalue weighted by Crippen LogP contribution is -2.09. The Balaban J connectivity index is 2.39. The fourth-order valence-electron chi connectivity index (χ4n) is 3.50. The van der Waals surface area contributed by atoms with Crippen LogP contribution >= 0.6 is 0 Å². The molecule has 1 saturated carbocycles. The van der Waals surface area contributed by atoms with E-state index in [0.717, 1.165) is 11.8 Å². The van der Waals surface area contributed by atoms with Crippen molar-refractivity contribution in [1.29, 1.82) is 0 Å². The van der Waals surface area contributed by atoms with Crippen molar-refractivity contribution in [3.8, 4) is 0 Å². The highest BCUT2D eigenvalue weighted by Gasteiger charge is 2.15. The second-order valence-electron chi connectivity index (χ2n) is 6.22. The van der Waals surface area contributed by atoms with Crippen LogP contribution in [0.3, 0.4) is 0 Å². The highest BCUT2D eigenvalue weighted by molar-refractivity contribution is 4.67. The van der Waals surface area contributed by atoms with E-state index in [-0.39, 0.29) is 0 Å². The lowest BCUT2D eigenvalue weighted by molar-refractivity contribution is 0.294. The summed E-state index contributed by atoms with van der Waals surface area (Å²) in [6.45, 7) is 4.76. The fraction of sp³-hybridized carbons (Fsp3) is 1.00. The highest BCUT2D eigenvalue weighted by atomic mass is 14.2. The van der Waals surface area contributed by atoms with Gasteiger partial charge in [0.15, 0.2) is 0 Å². The summed E-state index contributed by atoms with van der Waals surface area (Å²) < 4.78 is 0. The first-order chi connectivity index (χ1) is 8.36. The lowest BCUT2D eigenvalue weighted by Gasteiger charge is -2.23. The van der Waals surface area contributed by atoms with Crippen LogP contribution in [0.15, 0.2) is 0 Å². The van der Waals surface area contributed by atoms with Crippen molar-refractivity contribution in [3.63, 3.8) is 0 Å². The Bertz CT molecular complexity index is 161. The van der Waals surface area contributed by atoms with Gasteiger partial charge < -0.3 is 0 Å². The van der Waals surface area contributed by atoms with Gasteiger partial charge in [0.1, 0.15) is 0 Å². The zero-order chi connectivity index (χ0) is 12.3. The molecule has 0 aromatic heterocycles. The van der Waals surface area contributed by atoms with Crippen molar-refractivity contribution in [2.45, 2.75) is 97.3 Å². The van der Waals surface area contributed by atoms with Gasteiger partial charge in [-0.3, -0.25) is 0 Å². The molecule has 0 amide bonds. The summed E-state index contributed by atoms with van der Waals surface area (Å²) in [4.78, 5) is 0. The Kier molecular flexibility index (Phi) is 8.83. The van der Waals surface area contributed by atoms with Crippen molar-refractivity contribution >= 4 is 0 Å². The van der Waals surface area contributed by atoms with Crippen LogP contribution in [0.1, 0.15) is 97.3 Å². The Hall–Kier alpha value is 0. The second kappa shape index (κ2) is 9.97. The minimum absolute atomic E-state index is 1.03. The van der Waals surface area contributed by atoms with Gasteiger partial charge in [0.2, 0.25) is 0 Å². The van der Waals surface area contributed by atoms with Gasteiger partial charge in [-0.15, -0.1) is 0 Å². The first kappa shape index (κ1) is 15.1. The normalized spacial score (nSPS) is 29.3. The number of hydrogen-bond acceptors (Lipinski definition) is 0. The molecular formula is C17H34. The molecule has 2 atom stereocenters. The quantitative estimate of drug-likeness (QED) is 0.538. The molecule has 2 unspecified atom stereocenters. The molecule has 1 fully saturated rings. The van der Waals surface area contributed by atoms with E-state index in [9.17, 15) is 0 Å². The average molecular weight is 238 g/mol. The summed E-state index contributed by atoms with van der Waals surface area (Å²) >= 11 is 0. The molecule has 0 aromatic rings. The van der Waals surface area contributed by atoms with Crippen LogP contribution in [0.4, 0.5) is 0 Å². The van der Waals surface area contributed by atoms with E-state index in [4.69, 9.17) is 0 Å². The van der Waals surface area contributed by atoms with E-state index in [1.807, 2.05) is 0 Å². The van der Waals surface area contributed by atoms with Crippen molar-refractivity contribution in [1.82, 2.24) is 0 Å². The van der Waals surface area contributed by atoms with Gasteiger partial charge in [-0.25, -0.2) is 0 Å². The zero-order valence-electron chi connectivity index (χ0n) is 12.3. The van der Waals surface area contributed by atoms with Gasteiger partial charge in [-0.1, -0.05) is 90.9 Å². The molecule has 0 spiro atoms. The van der Waals surface area contributed by atoms with Gasteiger partial charge >= 0.3 is 0 Å². The lowest BCUT2D eigenvalue weighted by atomic mass is 9.83. The maximum Gasteiger partial charge on any atom is -0.0412 e. The number of rotatable bonds is 3. The minimum atomic E-state index is 1.03. The predicted molar refractivity (Wildman–Crippen MR) is 78.3 cm³/mol. The Morgan fingerprint density at radius 3 is 1.76 bits per heavy atom. The summed E-state index contributed by atoms with van der Waals surface area (Å²) in [5, 5.41) is 0. The zero-order valence-corrected chi connectivity index (χ0v) is 12.3. The largest absolute Gasteiger partial charge is 0.0654 e. The highest BCUT2D eigenvalue weighted by Crippen LogP contribution is 2.29. The SMILES string of the molecule is CCCC1CCCCCCCCCC(CC)C1. The van der Waals surface area contributed by atoms with Crippen molar-refractivity contribution < 1.29 is 0 Å². The molecule has 0 aliphatic heterocycles. The van der Waals surface area contributed by atoms with Crippen molar-refractivity contribution in [2.75, 3.05) is 0 Å². The van der Waals surface area contributed by atoms with Crippen LogP contribution in [0.25, 0.3) is 0 Å². The molecular weight excluding hydrogens is 204 g/mol. The molecule has 102 valence electrons. The number of hydrogen-bond donors (Lipinski definition) is 0. The van der Waals surface area contributed by atoms with Crippen molar-refractivity contribution in [3.05, 3.63) is 0 Å². The summed E-state index contributed by atoms with van der Waals surface area (Å²) in [6.07, 6.45) is 19.3. The third-order valence-electron chi connectivity index (χ3n) is 4.67. The molecule has 0 aromatic carbocycles. The van der Waals surface area contributed by atoms with Crippen LogP contribution in [-0.4, -0.2) is 0 Å². The summed E-state index contributed by atoms with van der Waals surface area (Å²) in [5.74, 6) is 2.08. The fourth-order valence-corrected chi connectivity index (χ4v) is 3.50. The smallest absolute Gasteiger partial charge is 0.0412 e. The summed E-state index contributed by atoms with van der Waals surface area (Å²) in [6, 6.07) is 0. The molecule has 0 saturated heterocycles. The Morgan fingerprint density at radius 2 is 1.24 bits per heavy atom. The molecule has 17 heavy (non-hydrogen) atoms. The van der Waals surface area contributed by atoms with Crippen LogP contribution in [0, 0.1) is 11.8 Å². The van der Waals surface area contributed by atoms with Gasteiger partial charge in [-0.2, -0.15) is 0 Å². The van der Waals surface area contributed by atoms with E-state index < -0.39 is 0 Å². The molecule has 0 heteroatoms. The Labute approximate surface area is 110 Å². The van der Waals surface area contributed by atoms with E-state index >= 15 is 0 Å². The maximum absolute atomic E-state index is 2.40. The maximum atomic E-state index is 2.40. The Morgan fingerprint density at radius 1 is 0.706 bits per heavy atom. The third kappa shape index (κ3) is 7.11. The average Bonchev–Trinajstić information content (AvgIpc) is 2.32. The molecule has 0 radical (unpaired) electrons. The van der Waals surface area contributed by atoms with Gasteiger partial charge in [-0.05, 0) is 18.3 Å². The van der Waals surface area contributed by atoms with Gasteiger partial charge in [0.25, 0.3) is 0 Å². The predicted octanol–water partition coefficient (Wildman–Crippen LogP) is 6.34. The van der Waals surface area contributed by atoms with E-state index in [1.165, 1.54) is 83.5 Å². The van der Waals surface area contributed by atoms with Gasteiger partial charge in [0, 0.05) is 0 Å². The van der Waals surface area contributed by atoms with Gasteiger partial charge in [0.05, 0.1) is 0 Å². The summed E-state index contributed by atoms with van der Waals surface area (Å²) in [5.41, 5.74) is 0. The molecule has 1 aliphatic rings. The molecule has 0 N–H and O–H groups in total. The minimum Gasteiger partial charge on any atom is -0.0654 e. The van der Waals surface area contributed by atoms with Crippen molar-refractivity contribution in [2.24, 2.45) is 11.8 Å². The topological polar surface area (TPSA) is 0 Å². The van der Waals surface area contributed by atoms with E-state index in [1.54, 1.807) is 0 Å². The monoisotopic (exact) mass is 238 g/mol. The first-order valence-corrected chi connectivity index (χ1v) is 8.36. The van der Waals surface area contributed by atoms with E-state index in [2.05, 4.69) is 13.8 Å². The molecule has 1 rings (SSSR count). The molecule has 0 bridgehead atoms. The van der Waals surface area contributed by atoms with Crippen LogP contribution in [0.2, 0.25) is 0 Å². The van der Waals surface area contributed by atoms with E-state index in [0.29, 0.717) is 0 Å². The standard InChI is InChI=1S/C17H34/c1-3-12-17-14-11-9-7-5-6-8-10-13-16(4-2)15-17/h16-17H,3-15H2,1-2H3. The summed E-state index contributed by atoms with van der Waals surface area (Å²) in [7, 11) is 0. The van der Waals surface area contributed by atoms with Crippen LogP contribution in [-0.2, 0) is 0 Å². The third-order valence-corrected chi connectivity index (χ3v) is 4.67. The first-order valence-electron chi connectivity index (χ1n) is 8.36. The second-order valence-corrected chi connectivity index (χ2v) is 6.22. The molecule has 0 heterocycles. The van der Waals surface area contributed by atoms with Crippen LogP contribution < -0.4 is 0 Å². The molecule has 0 nitrogen and oxygen atoms in total. The molecule has 1 aliphatic carbocycles. The van der Waals surface area contributed by atoms with Crippen LogP contribution in [0.5, 0.6) is 0 Å².